The van der Waals surface area contributed by atoms with E-state index in [0.717, 1.165) is 10.4 Å². The third-order valence-corrected chi connectivity index (χ3v) is 5.77. The van der Waals surface area contributed by atoms with Gasteiger partial charge in [0.1, 0.15) is 6.54 Å². The number of nitrogens with zero attached hydrogens (tertiary/aromatic N) is 4. The molecule has 10 heteroatoms. The highest BCUT2D eigenvalue weighted by Gasteiger charge is 2.37. The van der Waals surface area contributed by atoms with Crippen LogP contribution < -0.4 is 5.32 Å². The maximum Gasteiger partial charge on any atom is 0.243 e. The number of sulfone groups is 1. The van der Waals surface area contributed by atoms with Crippen LogP contribution in [-0.4, -0.2) is 57.5 Å². The highest BCUT2D eigenvalue weighted by Crippen LogP contribution is 2.18. The summed E-state index contributed by atoms with van der Waals surface area (Å²) >= 11 is 5.95. The molecule has 2 aromatic rings. The lowest BCUT2D eigenvalue weighted by molar-refractivity contribution is -0.122. The molecule has 122 valence electrons. The number of rotatable bonds is 4. The Morgan fingerprint density at radius 3 is 2.70 bits per heavy atom. The van der Waals surface area contributed by atoms with Gasteiger partial charge in [-0.2, -0.15) is 4.80 Å². The average molecular weight is 356 g/mol. The van der Waals surface area contributed by atoms with Crippen LogP contribution in [0.3, 0.4) is 0 Å². The first-order chi connectivity index (χ1) is 10.9. The van der Waals surface area contributed by atoms with E-state index in [-0.39, 0.29) is 18.1 Å². The molecule has 1 N–H and O–H groups in total. The van der Waals surface area contributed by atoms with E-state index in [0.29, 0.717) is 5.82 Å². The summed E-state index contributed by atoms with van der Waals surface area (Å²) < 4.78 is 23.0. The van der Waals surface area contributed by atoms with Crippen molar-refractivity contribution in [2.75, 3.05) is 11.5 Å². The molecule has 1 amide bonds. The minimum absolute atomic E-state index is 0.126. The summed E-state index contributed by atoms with van der Waals surface area (Å²) in [5.74, 6) is -0.265. The maximum absolute atomic E-state index is 12.0. The minimum Gasteiger partial charge on any atom is -0.349 e. The van der Waals surface area contributed by atoms with E-state index in [1.165, 1.54) is 0 Å². The molecular weight excluding hydrogens is 342 g/mol. The molecule has 0 aliphatic carbocycles. The predicted octanol–water partition coefficient (Wildman–Crippen LogP) is -0.139. The van der Waals surface area contributed by atoms with Gasteiger partial charge in [-0.25, -0.2) is 8.42 Å². The van der Waals surface area contributed by atoms with Crippen molar-refractivity contribution in [3.05, 3.63) is 30.3 Å². The van der Waals surface area contributed by atoms with Crippen molar-refractivity contribution >= 4 is 27.3 Å². The molecule has 1 aliphatic heterocycles. The van der Waals surface area contributed by atoms with Crippen molar-refractivity contribution in [1.29, 1.82) is 0 Å². The number of hydrogen-bond donors (Lipinski definition) is 1. The topological polar surface area (TPSA) is 107 Å². The molecule has 8 nitrogen and oxygen atoms in total. The van der Waals surface area contributed by atoms with Crippen LogP contribution in [-0.2, 0) is 21.2 Å². The molecule has 1 fully saturated rings. The van der Waals surface area contributed by atoms with Crippen LogP contribution in [0, 0.1) is 0 Å². The molecular formula is C13H14ClN5O3S. The third kappa shape index (κ3) is 3.85. The molecule has 0 radical (unpaired) electrons. The Kier molecular flexibility index (Phi) is 4.31. The van der Waals surface area contributed by atoms with Gasteiger partial charge in [-0.15, -0.1) is 21.8 Å². The molecule has 1 saturated heterocycles. The predicted molar refractivity (Wildman–Crippen MR) is 83.5 cm³/mol. The van der Waals surface area contributed by atoms with Gasteiger partial charge in [-0.05, 0) is 5.21 Å². The zero-order valence-corrected chi connectivity index (χ0v) is 13.5. The number of nitrogens with one attached hydrogen (secondary N) is 1. The van der Waals surface area contributed by atoms with Crippen LogP contribution in [0.5, 0.6) is 0 Å². The number of alkyl halides is 1. The molecule has 0 bridgehead atoms. The Hall–Kier alpha value is -2.00. The summed E-state index contributed by atoms with van der Waals surface area (Å²) in [5, 5.41) is 13.8. The molecule has 3 rings (SSSR count). The van der Waals surface area contributed by atoms with E-state index in [2.05, 4.69) is 20.7 Å². The number of aromatic nitrogens is 4. The largest absolute Gasteiger partial charge is 0.349 e. The first-order valence-corrected chi connectivity index (χ1v) is 9.16. The number of hydrogen-bond acceptors (Lipinski definition) is 6. The smallest absolute Gasteiger partial charge is 0.243 e. The number of halogens is 1. The second-order valence-electron chi connectivity index (χ2n) is 5.28. The third-order valence-electron chi connectivity index (χ3n) is 3.40. The average Bonchev–Trinajstić information content (AvgIpc) is 3.04. The van der Waals surface area contributed by atoms with Crippen molar-refractivity contribution in [3.63, 3.8) is 0 Å². The quantitative estimate of drug-likeness (QED) is 0.765. The minimum atomic E-state index is -3.19. The fourth-order valence-electron chi connectivity index (χ4n) is 2.33. The first kappa shape index (κ1) is 15.9. The molecule has 0 saturated carbocycles. The molecule has 0 unspecified atom stereocenters. The second-order valence-corrected chi connectivity index (χ2v) is 7.99. The van der Waals surface area contributed by atoms with E-state index in [1.807, 2.05) is 30.3 Å². The summed E-state index contributed by atoms with van der Waals surface area (Å²) in [7, 11) is -3.19. The van der Waals surface area contributed by atoms with E-state index in [1.54, 1.807) is 0 Å². The molecule has 2 atom stereocenters. The highest BCUT2D eigenvalue weighted by molar-refractivity contribution is 7.91. The van der Waals surface area contributed by atoms with Crippen molar-refractivity contribution in [2.24, 2.45) is 0 Å². The lowest BCUT2D eigenvalue weighted by Crippen LogP contribution is -2.42. The van der Waals surface area contributed by atoms with Crippen LogP contribution in [0.25, 0.3) is 11.4 Å². The number of carbonyl (C=O) groups excluding carboxylic acids is 1. The molecule has 1 aromatic heterocycles. The van der Waals surface area contributed by atoms with E-state index >= 15 is 0 Å². The Morgan fingerprint density at radius 2 is 2.04 bits per heavy atom. The zero-order valence-electron chi connectivity index (χ0n) is 12.0. The van der Waals surface area contributed by atoms with Gasteiger partial charge in [0.05, 0.1) is 22.9 Å². The summed E-state index contributed by atoms with van der Waals surface area (Å²) in [4.78, 5) is 13.1. The molecule has 1 aliphatic rings. The van der Waals surface area contributed by atoms with Crippen LogP contribution in [0.2, 0.25) is 0 Å². The number of benzene rings is 1. The number of tetrazole rings is 1. The fraction of sp³-hybridized carbons (Fsp3) is 0.385. The van der Waals surface area contributed by atoms with Crippen LogP contribution >= 0.6 is 11.6 Å². The molecule has 1 aromatic carbocycles. The van der Waals surface area contributed by atoms with Gasteiger partial charge in [-0.3, -0.25) is 4.79 Å². The molecule has 2 heterocycles. The second kappa shape index (κ2) is 6.25. The van der Waals surface area contributed by atoms with E-state index < -0.39 is 27.2 Å². The SMILES string of the molecule is O=C(Cn1nnc(-c2ccccc2)n1)N[C@@H]1CS(=O)(=O)C[C@H]1Cl. The Balaban J connectivity index is 1.62. The monoisotopic (exact) mass is 355 g/mol. The summed E-state index contributed by atoms with van der Waals surface area (Å²) in [5.41, 5.74) is 0.793. The maximum atomic E-state index is 12.0. The van der Waals surface area contributed by atoms with Crippen LogP contribution in [0.4, 0.5) is 0 Å². The van der Waals surface area contributed by atoms with Gasteiger partial charge < -0.3 is 5.32 Å². The zero-order chi connectivity index (χ0) is 16.4. The van der Waals surface area contributed by atoms with E-state index in [9.17, 15) is 13.2 Å². The fourth-order valence-corrected chi connectivity index (χ4v) is 4.88. The van der Waals surface area contributed by atoms with E-state index in [4.69, 9.17) is 11.6 Å². The number of carbonyl (C=O) groups is 1. The van der Waals surface area contributed by atoms with Crippen molar-refractivity contribution in [1.82, 2.24) is 25.5 Å². The molecule has 0 spiro atoms. The Bertz CT molecular complexity index is 808. The van der Waals surface area contributed by atoms with Gasteiger partial charge in [-0.1, -0.05) is 30.3 Å². The van der Waals surface area contributed by atoms with Crippen molar-refractivity contribution in [2.45, 2.75) is 18.0 Å². The Labute approximate surface area is 137 Å². The van der Waals surface area contributed by atoms with Crippen LogP contribution in [0.1, 0.15) is 0 Å². The van der Waals surface area contributed by atoms with Gasteiger partial charge >= 0.3 is 0 Å². The van der Waals surface area contributed by atoms with Gasteiger partial charge in [0.15, 0.2) is 9.84 Å². The summed E-state index contributed by atoms with van der Waals surface area (Å²) in [6, 6.07) is 8.66. The molecule has 23 heavy (non-hydrogen) atoms. The van der Waals surface area contributed by atoms with Crippen LogP contribution in [0.15, 0.2) is 30.3 Å². The van der Waals surface area contributed by atoms with Gasteiger partial charge in [0.25, 0.3) is 0 Å². The first-order valence-electron chi connectivity index (χ1n) is 6.90. The van der Waals surface area contributed by atoms with Gasteiger partial charge in [0, 0.05) is 5.56 Å². The summed E-state index contributed by atoms with van der Waals surface area (Å²) in [6.45, 7) is -0.153. The standard InChI is InChI=1S/C13H14ClN5O3S/c14-10-7-23(21,22)8-11(10)15-12(20)6-19-17-13(16-18-19)9-4-2-1-3-5-9/h1-5,10-11H,6-8H2,(H,15,20)/t10-,11-/m1/s1. The van der Waals surface area contributed by atoms with Gasteiger partial charge in [0.2, 0.25) is 11.7 Å². The number of amides is 1. The highest BCUT2D eigenvalue weighted by atomic mass is 35.5. The van der Waals surface area contributed by atoms with Crippen molar-refractivity contribution < 1.29 is 13.2 Å². The lowest BCUT2D eigenvalue weighted by atomic mass is 10.2. The lowest BCUT2D eigenvalue weighted by Gasteiger charge is -2.13. The summed E-state index contributed by atoms with van der Waals surface area (Å²) in [6.07, 6.45) is 0. The normalized spacial score (nSPS) is 22.8. The Morgan fingerprint density at radius 1 is 1.30 bits per heavy atom. The van der Waals surface area contributed by atoms with Crippen molar-refractivity contribution in [3.8, 4) is 11.4 Å².